The van der Waals surface area contributed by atoms with Crippen LogP contribution >= 0.6 is 11.3 Å². The number of carbonyl (C=O) groups is 1. The van der Waals surface area contributed by atoms with Gasteiger partial charge in [0, 0.05) is 18.5 Å². The van der Waals surface area contributed by atoms with Gasteiger partial charge < -0.3 is 4.90 Å². The molecule has 1 saturated heterocycles. The summed E-state index contributed by atoms with van der Waals surface area (Å²) in [7, 11) is -1.57. The van der Waals surface area contributed by atoms with Crippen LogP contribution in [-0.4, -0.2) is 48.9 Å². The van der Waals surface area contributed by atoms with E-state index in [2.05, 4.69) is 0 Å². The SMILES string of the molecule is CCCS(=O)(=O)N1CCCC1C(=O)N(C)Cc1sccc1C. The fourth-order valence-corrected chi connectivity index (χ4v) is 5.51. The lowest BCUT2D eigenvalue weighted by molar-refractivity contribution is -0.133. The Morgan fingerprint density at radius 3 is 2.82 bits per heavy atom. The number of hydrogen-bond donors (Lipinski definition) is 0. The van der Waals surface area contributed by atoms with Crippen molar-refractivity contribution in [2.75, 3.05) is 19.3 Å². The number of aryl methyl sites for hydroxylation is 1. The molecule has 5 nitrogen and oxygen atoms in total. The molecule has 7 heteroatoms. The van der Waals surface area contributed by atoms with Crippen LogP contribution in [0.2, 0.25) is 0 Å². The van der Waals surface area contributed by atoms with Gasteiger partial charge in [-0.15, -0.1) is 11.3 Å². The summed E-state index contributed by atoms with van der Waals surface area (Å²) < 4.78 is 26.0. The lowest BCUT2D eigenvalue weighted by atomic mass is 10.2. The highest BCUT2D eigenvalue weighted by molar-refractivity contribution is 7.89. The molecule has 22 heavy (non-hydrogen) atoms. The molecule has 0 aliphatic carbocycles. The lowest BCUT2D eigenvalue weighted by Gasteiger charge is -2.27. The standard InChI is InChI=1S/C15H24N2O3S2/c1-4-10-22(19,20)17-8-5-6-13(17)15(18)16(3)11-14-12(2)7-9-21-14/h7,9,13H,4-6,8,10-11H2,1-3H3. The molecule has 0 aromatic carbocycles. The summed E-state index contributed by atoms with van der Waals surface area (Å²) in [6, 6.07) is 1.51. The van der Waals surface area contributed by atoms with Crippen molar-refractivity contribution < 1.29 is 13.2 Å². The molecule has 1 fully saturated rings. The third-order valence-electron chi connectivity index (χ3n) is 4.03. The third-order valence-corrected chi connectivity index (χ3v) is 7.12. The average molecular weight is 345 g/mol. The molecule has 2 rings (SSSR count). The van der Waals surface area contributed by atoms with E-state index in [1.54, 1.807) is 23.3 Å². The predicted octanol–water partition coefficient (Wildman–Crippen LogP) is 2.22. The van der Waals surface area contributed by atoms with Crippen LogP contribution in [0.5, 0.6) is 0 Å². The van der Waals surface area contributed by atoms with Gasteiger partial charge >= 0.3 is 0 Å². The van der Waals surface area contributed by atoms with Crippen LogP contribution in [0.25, 0.3) is 0 Å². The molecular formula is C15H24N2O3S2. The summed E-state index contributed by atoms with van der Waals surface area (Å²) in [6.45, 7) is 4.87. The number of sulfonamides is 1. The Morgan fingerprint density at radius 1 is 1.50 bits per heavy atom. The van der Waals surface area contributed by atoms with Gasteiger partial charge in [-0.25, -0.2) is 8.42 Å². The van der Waals surface area contributed by atoms with Crippen molar-refractivity contribution in [2.24, 2.45) is 0 Å². The predicted molar refractivity (Wildman–Crippen MR) is 89.3 cm³/mol. The molecule has 1 aliphatic heterocycles. The van der Waals surface area contributed by atoms with E-state index in [9.17, 15) is 13.2 Å². The van der Waals surface area contributed by atoms with Gasteiger partial charge in [-0.1, -0.05) is 6.92 Å². The topological polar surface area (TPSA) is 57.7 Å². The Labute approximate surface area is 137 Å². The molecule has 1 aromatic rings. The number of amides is 1. The fourth-order valence-electron chi connectivity index (χ4n) is 2.81. The maximum absolute atomic E-state index is 12.7. The quantitative estimate of drug-likeness (QED) is 0.795. The average Bonchev–Trinajstić information content (AvgIpc) is 3.08. The van der Waals surface area contributed by atoms with Gasteiger partial charge in [0.2, 0.25) is 15.9 Å². The Morgan fingerprint density at radius 2 is 2.23 bits per heavy atom. The van der Waals surface area contributed by atoms with Gasteiger partial charge in [0.25, 0.3) is 0 Å². The molecule has 1 amide bonds. The second-order valence-electron chi connectivity index (χ2n) is 5.81. The normalized spacial score (nSPS) is 19.5. The summed E-state index contributed by atoms with van der Waals surface area (Å²) in [5, 5.41) is 2.01. The van der Waals surface area contributed by atoms with E-state index in [0.717, 1.165) is 11.3 Å². The van der Waals surface area contributed by atoms with E-state index in [0.29, 0.717) is 25.9 Å². The maximum Gasteiger partial charge on any atom is 0.241 e. The summed E-state index contributed by atoms with van der Waals surface area (Å²) >= 11 is 1.63. The second-order valence-corrected chi connectivity index (χ2v) is 8.85. The highest BCUT2D eigenvalue weighted by atomic mass is 32.2. The Bertz CT molecular complexity index is 624. The summed E-state index contributed by atoms with van der Waals surface area (Å²) in [6.07, 6.45) is 1.95. The van der Waals surface area contributed by atoms with Crippen LogP contribution in [0, 0.1) is 6.92 Å². The molecule has 0 radical (unpaired) electrons. The Hall–Kier alpha value is -0.920. The summed E-state index contributed by atoms with van der Waals surface area (Å²) in [4.78, 5) is 15.5. The van der Waals surface area contributed by atoms with E-state index in [1.807, 2.05) is 25.3 Å². The molecule has 124 valence electrons. The van der Waals surface area contributed by atoms with Crippen molar-refractivity contribution in [1.29, 1.82) is 0 Å². The number of thiophene rings is 1. The number of rotatable bonds is 6. The summed E-state index contributed by atoms with van der Waals surface area (Å²) in [5.41, 5.74) is 1.17. The van der Waals surface area contributed by atoms with Gasteiger partial charge in [0.1, 0.15) is 6.04 Å². The van der Waals surface area contributed by atoms with Crippen molar-refractivity contribution in [3.63, 3.8) is 0 Å². The molecule has 2 heterocycles. The molecule has 0 bridgehead atoms. The highest BCUT2D eigenvalue weighted by Crippen LogP contribution is 2.25. The lowest BCUT2D eigenvalue weighted by Crippen LogP contribution is -2.46. The van der Waals surface area contributed by atoms with Gasteiger partial charge in [0.05, 0.1) is 12.3 Å². The molecule has 0 saturated carbocycles. The van der Waals surface area contributed by atoms with E-state index < -0.39 is 16.1 Å². The van der Waals surface area contributed by atoms with Gasteiger partial charge in [-0.05, 0) is 43.2 Å². The van der Waals surface area contributed by atoms with E-state index in [-0.39, 0.29) is 11.7 Å². The first-order chi connectivity index (χ1) is 10.4. The molecule has 1 atom stereocenters. The van der Waals surface area contributed by atoms with Gasteiger partial charge in [-0.3, -0.25) is 4.79 Å². The van der Waals surface area contributed by atoms with Crippen molar-refractivity contribution in [2.45, 2.75) is 45.7 Å². The first kappa shape index (κ1) is 17.4. The Balaban J connectivity index is 2.09. The van der Waals surface area contributed by atoms with Crippen LogP contribution < -0.4 is 0 Å². The number of nitrogens with zero attached hydrogens (tertiary/aromatic N) is 2. The molecular weight excluding hydrogens is 320 g/mol. The van der Waals surface area contributed by atoms with Crippen molar-refractivity contribution in [3.05, 3.63) is 21.9 Å². The fraction of sp³-hybridized carbons (Fsp3) is 0.667. The smallest absolute Gasteiger partial charge is 0.241 e. The van der Waals surface area contributed by atoms with Crippen molar-refractivity contribution >= 4 is 27.3 Å². The van der Waals surface area contributed by atoms with Gasteiger partial charge in [-0.2, -0.15) is 4.31 Å². The molecule has 0 spiro atoms. The maximum atomic E-state index is 12.7. The van der Waals surface area contributed by atoms with Crippen LogP contribution in [0.1, 0.15) is 36.6 Å². The van der Waals surface area contributed by atoms with Crippen molar-refractivity contribution in [3.8, 4) is 0 Å². The van der Waals surface area contributed by atoms with Gasteiger partial charge in [0.15, 0.2) is 0 Å². The number of likely N-dealkylation sites (N-methyl/N-ethyl adjacent to an activating group) is 1. The zero-order valence-electron chi connectivity index (χ0n) is 13.4. The molecule has 0 N–H and O–H groups in total. The second kappa shape index (κ2) is 7.10. The van der Waals surface area contributed by atoms with Crippen LogP contribution in [-0.2, 0) is 21.4 Å². The zero-order chi connectivity index (χ0) is 16.3. The minimum atomic E-state index is -3.32. The van der Waals surface area contributed by atoms with E-state index in [4.69, 9.17) is 0 Å². The monoisotopic (exact) mass is 344 g/mol. The Kier molecular flexibility index (Phi) is 5.63. The minimum absolute atomic E-state index is 0.0926. The third kappa shape index (κ3) is 3.70. The zero-order valence-corrected chi connectivity index (χ0v) is 15.0. The van der Waals surface area contributed by atoms with Crippen LogP contribution in [0.4, 0.5) is 0 Å². The summed E-state index contributed by atoms with van der Waals surface area (Å²) in [5.74, 6) is 0.0230. The van der Waals surface area contributed by atoms with E-state index in [1.165, 1.54) is 9.87 Å². The number of hydrogen-bond acceptors (Lipinski definition) is 4. The largest absolute Gasteiger partial charge is 0.339 e. The minimum Gasteiger partial charge on any atom is -0.339 e. The molecule has 1 aliphatic rings. The highest BCUT2D eigenvalue weighted by Gasteiger charge is 2.39. The van der Waals surface area contributed by atoms with Crippen LogP contribution in [0.15, 0.2) is 11.4 Å². The van der Waals surface area contributed by atoms with Crippen LogP contribution in [0.3, 0.4) is 0 Å². The van der Waals surface area contributed by atoms with E-state index >= 15 is 0 Å². The first-order valence-corrected chi connectivity index (χ1v) is 10.1. The van der Waals surface area contributed by atoms with Crippen molar-refractivity contribution in [1.82, 2.24) is 9.21 Å². The molecule has 1 aromatic heterocycles. The number of carbonyl (C=O) groups excluding carboxylic acids is 1. The first-order valence-electron chi connectivity index (χ1n) is 7.64. The molecule has 1 unspecified atom stereocenters.